The minimum absolute atomic E-state index is 0.201. The van der Waals surface area contributed by atoms with Crippen LogP contribution in [0, 0.1) is 5.92 Å². The number of amides is 1. The number of carbonyl (C=O) groups excluding carboxylic acids is 1. The van der Waals surface area contributed by atoms with E-state index in [0.29, 0.717) is 12.5 Å². The summed E-state index contributed by atoms with van der Waals surface area (Å²) in [6.45, 7) is 3.91. The van der Waals surface area contributed by atoms with Crippen LogP contribution < -0.4 is 4.90 Å². The van der Waals surface area contributed by atoms with Crippen LogP contribution in [0.4, 0.5) is 10.5 Å². The molecule has 0 radical (unpaired) electrons. The van der Waals surface area contributed by atoms with Gasteiger partial charge in [-0.15, -0.1) is 0 Å². The highest BCUT2D eigenvalue weighted by Crippen LogP contribution is 2.33. The average molecular weight is 402 g/mol. The maximum Gasteiger partial charge on any atom is 0.410 e. The molecule has 6 nitrogen and oxygen atoms in total. The molecule has 0 saturated carbocycles. The average Bonchev–Trinajstić information content (AvgIpc) is 3.54. The highest BCUT2D eigenvalue weighted by Gasteiger charge is 2.30. The zero-order valence-electron chi connectivity index (χ0n) is 17.0. The van der Waals surface area contributed by atoms with Crippen molar-refractivity contribution in [1.82, 2.24) is 15.1 Å². The molecule has 1 aromatic heterocycles. The fourth-order valence-corrected chi connectivity index (χ4v) is 4.52. The number of fused-ring (bicyclic) bond motifs is 1. The van der Waals surface area contributed by atoms with E-state index in [2.05, 4.69) is 33.3 Å². The van der Waals surface area contributed by atoms with E-state index in [-0.39, 0.29) is 6.09 Å². The van der Waals surface area contributed by atoms with E-state index < -0.39 is 0 Å². The van der Waals surface area contributed by atoms with E-state index in [1.165, 1.54) is 16.8 Å². The van der Waals surface area contributed by atoms with Crippen LogP contribution in [-0.4, -0.2) is 47.4 Å². The van der Waals surface area contributed by atoms with Crippen molar-refractivity contribution in [2.75, 3.05) is 31.1 Å². The summed E-state index contributed by atoms with van der Waals surface area (Å²) < 4.78 is 5.50. The van der Waals surface area contributed by atoms with Crippen molar-refractivity contribution >= 4 is 11.8 Å². The molecular formula is C24H26N4O2. The number of nitrogens with one attached hydrogen (secondary N) is 1. The molecule has 3 heterocycles. The predicted octanol–water partition coefficient (Wildman–Crippen LogP) is 4.10. The molecule has 2 aromatic carbocycles. The summed E-state index contributed by atoms with van der Waals surface area (Å²) in [4.78, 5) is 16.8. The number of aromatic nitrogens is 2. The van der Waals surface area contributed by atoms with Crippen molar-refractivity contribution in [3.8, 4) is 11.1 Å². The van der Waals surface area contributed by atoms with Crippen LogP contribution in [0.3, 0.4) is 0 Å². The topological polar surface area (TPSA) is 61.5 Å². The van der Waals surface area contributed by atoms with E-state index in [1.807, 2.05) is 47.6 Å². The van der Waals surface area contributed by atoms with Gasteiger partial charge in [0.2, 0.25) is 0 Å². The van der Waals surface area contributed by atoms with Crippen molar-refractivity contribution in [3.05, 3.63) is 72.1 Å². The van der Waals surface area contributed by atoms with Gasteiger partial charge >= 0.3 is 6.09 Å². The van der Waals surface area contributed by atoms with E-state index >= 15 is 0 Å². The fraction of sp³-hybridized carbons (Fsp3) is 0.333. The number of carbonyl (C=O) groups is 1. The van der Waals surface area contributed by atoms with Crippen LogP contribution in [0.1, 0.15) is 17.5 Å². The molecule has 1 N–H and O–H groups in total. The number of nitrogens with zero attached hydrogens (tertiary/aromatic N) is 3. The van der Waals surface area contributed by atoms with Gasteiger partial charge in [0.05, 0.1) is 6.20 Å². The number of benzene rings is 2. The van der Waals surface area contributed by atoms with Crippen molar-refractivity contribution in [2.24, 2.45) is 5.92 Å². The Balaban J connectivity index is 1.16. The van der Waals surface area contributed by atoms with Crippen LogP contribution >= 0.6 is 0 Å². The summed E-state index contributed by atoms with van der Waals surface area (Å²) in [6, 6.07) is 16.5. The largest absolute Gasteiger partial charge is 0.445 e. The lowest BCUT2D eigenvalue weighted by Gasteiger charge is -2.24. The van der Waals surface area contributed by atoms with E-state index in [0.717, 1.165) is 50.1 Å². The van der Waals surface area contributed by atoms with Gasteiger partial charge in [0.15, 0.2) is 0 Å². The minimum atomic E-state index is -0.201. The first-order valence-corrected chi connectivity index (χ1v) is 10.6. The molecule has 1 atom stereocenters. The maximum absolute atomic E-state index is 12.4. The van der Waals surface area contributed by atoms with Gasteiger partial charge in [-0.3, -0.25) is 5.10 Å². The molecular weight excluding hydrogens is 376 g/mol. The van der Waals surface area contributed by atoms with Gasteiger partial charge in [0, 0.05) is 43.6 Å². The standard InChI is InChI=1S/C24H26N4O2/c29-24(30-17-18-4-2-1-3-5-18)28-10-8-19(16-28)15-27-11-9-21-12-20(6-7-23(21)27)22-13-25-26-14-22/h1-7,12-14,19H,8-11,15-17H2,(H,25,26). The van der Waals surface area contributed by atoms with Gasteiger partial charge in [-0.25, -0.2) is 4.79 Å². The molecule has 30 heavy (non-hydrogen) atoms. The Kier molecular flexibility index (Phi) is 5.13. The number of H-pyrrole nitrogens is 1. The highest BCUT2D eigenvalue weighted by atomic mass is 16.6. The van der Waals surface area contributed by atoms with Gasteiger partial charge in [-0.1, -0.05) is 36.4 Å². The van der Waals surface area contributed by atoms with Crippen LogP contribution in [0.2, 0.25) is 0 Å². The second-order valence-corrected chi connectivity index (χ2v) is 8.17. The summed E-state index contributed by atoms with van der Waals surface area (Å²) in [5.41, 5.74) is 6.07. The summed E-state index contributed by atoms with van der Waals surface area (Å²) >= 11 is 0. The molecule has 3 aromatic rings. The maximum atomic E-state index is 12.4. The van der Waals surface area contributed by atoms with Gasteiger partial charge in [-0.05, 0) is 47.6 Å². The third-order valence-electron chi connectivity index (χ3n) is 6.13. The Morgan fingerprint density at radius 2 is 2.03 bits per heavy atom. The number of rotatable bonds is 5. The molecule has 1 unspecified atom stereocenters. The first kappa shape index (κ1) is 18.7. The first-order valence-electron chi connectivity index (χ1n) is 10.6. The van der Waals surface area contributed by atoms with Crippen molar-refractivity contribution < 1.29 is 9.53 Å². The van der Waals surface area contributed by atoms with E-state index in [4.69, 9.17) is 4.74 Å². The van der Waals surface area contributed by atoms with Crippen molar-refractivity contribution in [2.45, 2.75) is 19.4 Å². The molecule has 2 aliphatic heterocycles. The Labute approximate surface area is 176 Å². The molecule has 1 saturated heterocycles. The number of hydrogen-bond acceptors (Lipinski definition) is 4. The smallest absolute Gasteiger partial charge is 0.410 e. The molecule has 154 valence electrons. The summed E-state index contributed by atoms with van der Waals surface area (Å²) in [5.74, 6) is 0.480. The summed E-state index contributed by atoms with van der Waals surface area (Å²) in [7, 11) is 0. The lowest BCUT2D eigenvalue weighted by Crippen LogP contribution is -2.32. The first-order chi connectivity index (χ1) is 14.8. The Bertz CT molecular complexity index is 1000. The second kappa shape index (κ2) is 8.22. The summed E-state index contributed by atoms with van der Waals surface area (Å²) in [5, 5.41) is 6.93. The fourth-order valence-electron chi connectivity index (χ4n) is 4.52. The van der Waals surface area contributed by atoms with Crippen LogP contribution in [0.15, 0.2) is 60.9 Å². The monoisotopic (exact) mass is 402 g/mol. The number of likely N-dealkylation sites (tertiary alicyclic amines) is 1. The van der Waals surface area contributed by atoms with Crippen LogP contribution in [0.5, 0.6) is 0 Å². The molecule has 1 fully saturated rings. The molecule has 5 rings (SSSR count). The zero-order valence-corrected chi connectivity index (χ0v) is 17.0. The van der Waals surface area contributed by atoms with Gasteiger partial charge in [0.1, 0.15) is 6.61 Å². The Hall–Kier alpha value is -3.28. The predicted molar refractivity (Wildman–Crippen MR) is 116 cm³/mol. The highest BCUT2D eigenvalue weighted by molar-refractivity contribution is 5.70. The Morgan fingerprint density at radius 3 is 2.87 bits per heavy atom. The molecule has 6 heteroatoms. The lowest BCUT2D eigenvalue weighted by molar-refractivity contribution is 0.103. The molecule has 0 bridgehead atoms. The second-order valence-electron chi connectivity index (χ2n) is 8.17. The van der Waals surface area contributed by atoms with Gasteiger partial charge < -0.3 is 14.5 Å². The third-order valence-corrected chi connectivity index (χ3v) is 6.13. The number of ether oxygens (including phenoxy) is 1. The molecule has 0 aliphatic carbocycles. The quantitative estimate of drug-likeness (QED) is 0.698. The van der Waals surface area contributed by atoms with Gasteiger partial charge in [0.25, 0.3) is 0 Å². The van der Waals surface area contributed by atoms with Crippen LogP contribution in [-0.2, 0) is 17.8 Å². The number of aromatic amines is 1. The van der Waals surface area contributed by atoms with Crippen molar-refractivity contribution in [3.63, 3.8) is 0 Å². The van der Waals surface area contributed by atoms with Crippen LogP contribution in [0.25, 0.3) is 11.1 Å². The van der Waals surface area contributed by atoms with E-state index in [9.17, 15) is 4.79 Å². The molecule has 0 spiro atoms. The number of anilines is 1. The zero-order chi connectivity index (χ0) is 20.3. The normalized spacial score (nSPS) is 17.9. The van der Waals surface area contributed by atoms with Crippen molar-refractivity contribution in [1.29, 1.82) is 0 Å². The molecule has 1 amide bonds. The third kappa shape index (κ3) is 3.90. The van der Waals surface area contributed by atoms with E-state index in [1.54, 1.807) is 0 Å². The minimum Gasteiger partial charge on any atom is -0.445 e. The SMILES string of the molecule is O=C(OCc1ccccc1)N1CCC(CN2CCc3cc(-c4cn[nH]c4)ccc32)C1. The Morgan fingerprint density at radius 1 is 1.13 bits per heavy atom. The summed E-state index contributed by atoms with van der Waals surface area (Å²) in [6.07, 6.45) is 5.68. The number of hydrogen-bond donors (Lipinski definition) is 1. The molecule has 2 aliphatic rings. The lowest BCUT2D eigenvalue weighted by atomic mass is 10.0. The van der Waals surface area contributed by atoms with Gasteiger partial charge in [-0.2, -0.15) is 5.10 Å².